The van der Waals surface area contributed by atoms with Crippen molar-refractivity contribution < 1.29 is 9.53 Å². The van der Waals surface area contributed by atoms with E-state index < -0.39 is 16.6 Å². The number of rotatable bonds is 0. The highest BCUT2D eigenvalue weighted by Gasteiger charge is 2.67. The third kappa shape index (κ3) is 0.986. The largest absolute Gasteiger partial charge is 0.449 e. The fraction of sp³-hybridized carbons (Fsp3) is 0.800. The maximum absolute atomic E-state index is 11.8. The molecule has 0 N–H and O–H groups in total. The van der Waals surface area contributed by atoms with Crippen LogP contribution in [0.1, 0.15) is 26.2 Å². The summed E-state index contributed by atoms with van der Waals surface area (Å²) in [6.45, 7) is 1.84. The van der Waals surface area contributed by atoms with E-state index >= 15 is 0 Å². The molecule has 1 aliphatic carbocycles. The van der Waals surface area contributed by atoms with Gasteiger partial charge in [-0.3, -0.25) is 0 Å². The molecule has 4 aliphatic rings. The Bertz CT molecular complexity index is 384. The second-order valence-electron chi connectivity index (χ2n) is 4.72. The fourth-order valence-corrected chi connectivity index (χ4v) is 3.89. The van der Waals surface area contributed by atoms with Gasteiger partial charge in [0.2, 0.25) is 5.00 Å². The molecule has 4 rings (SSSR count). The van der Waals surface area contributed by atoms with E-state index in [4.69, 9.17) is 27.9 Å². The van der Waals surface area contributed by atoms with Crippen LogP contribution in [0.5, 0.6) is 0 Å². The Labute approximate surface area is 97.8 Å². The summed E-state index contributed by atoms with van der Waals surface area (Å²) < 4.78 is 5.37. The van der Waals surface area contributed by atoms with Gasteiger partial charge in [0.25, 0.3) is 0 Å². The molecule has 0 aromatic rings. The molecule has 0 amide bonds. The predicted octanol–water partition coefficient (Wildman–Crippen LogP) is 2.30. The van der Waals surface area contributed by atoms with Crippen LogP contribution in [0.4, 0.5) is 0 Å². The van der Waals surface area contributed by atoms with Gasteiger partial charge >= 0.3 is 5.97 Å². The van der Waals surface area contributed by atoms with Crippen molar-refractivity contribution in [1.82, 2.24) is 0 Å². The van der Waals surface area contributed by atoms with Gasteiger partial charge in [0.15, 0.2) is 5.60 Å². The van der Waals surface area contributed by atoms with Crippen LogP contribution in [-0.2, 0) is 9.53 Å². The van der Waals surface area contributed by atoms with E-state index in [1.165, 1.54) is 0 Å². The molecule has 0 radical (unpaired) electrons. The van der Waals surface area contributed by atoms with Gasteiger partial charge < -0.3 is 4.74 Å². The number of hydrogen-bond donors (Lipinski definition) is 0. The molecule has 3 nitrogen and oxygen atoms in total. The lowest BCUT2D eigenvalue weighted by Crippen LogP contribution is -2.64. The van der Waals surface area contributed by atoms with Crippen LogP contribution < -0.4 is 0 Å². The van der Waals surface area contributed by atoms with Crippen LogP contribution in [0.25, 0.3) is 0 Å². The van der Waals surface area contributed by atoms with Crippen molar-refractivity contribution in [1.29, 1.82) is 0 Å². The van der Waals surface area contributed by atoms with E-state index in [2.05, 4.69) is 4.99 Å². The monoisotopic (exact) mass is 247 g/mol. The first-order chi connectivity index (χ1) is 6.98. The molecule has 1 saturated heterocycles. The van der Waals surface area contributed by atoms with Crippen LogP contribution in [0.2, 0.25) is 0 Å². The zero-order valence-electron chi connectivity index (χ0n) is 8.30. The number of hydrogen-bond acceptors (Lipinski definition) is 3. The number of carbonyl (C=O) groups is 1. The first kappa shape index (κ1) is 9.91. The summed E-state index contributed by atoms with van der Waals surface area (Å²) in [5.74, 6) is -0.107. The summed E-state index contributed by atoms with van der Waals surface area (Å²) in [4.78, 5) is 14.7. The van der Waals surface area contributed by atoms with Gasteiger partial charge in [0, 0.05) is 11.8 Å². The maximum atomic E-state index is 11.8. The van der Waals surface area contributed by atoms with Crippen LogP contribution in [-0.4, -0.2) is 21.7 Å². The van der Waals surface area contributed by atoms with Crippen molar-refractivity contribution in [2.45, 2.75) is 36.8 Å². The van der Waals surface area contributed by atoms with E-state index in [0.717, 1.165) is 19.3 Å². The molecular formula is C10H11Cl2NO2. The highest BCUT2D eigenvalue weighted by molar-refractivity contribution is 6.68. The Morgan fingerprint density at radius 3 is 2.87 bits per heavy atom. The third-order valence-electron chi connectivity index (χ3n) is 3.98. The molecule has 3 heterocycles. The number of aliphatic imine (C=N–C) groups is 1. The molecule has 15 heavy (non-hydrogen) atoms. The van der Waals surface area contributed by atoms with Gasteiger partial charge in [-0.15, -0.1) is 0 Å². The molecule has 82 valence electrons. The van der Waals surface area contributed by atoms with E-state index in [0.29, 0.717) is 5.17 Å². The van der Waals surface area contributed by atoms with Gasteiger partial charge in [0.1, 0.15) is 5.17 Å². The zero-order chi connectivity index (χ0) is 10.8. The molecule has 4 atom stereocenters. The lowest BCUT2D eigenvalue weighted by molar-refractivity contribution is -0.176. The van der Waals surface area contributed by atoms with E-state index in [-0.39, 0.29) is 11.8 Å². The second-order valence-corrected chi connectivity index (χ2v) is 5.65. The number of fused-ring (bicyclic) bond motifs is 1. The number of nitrogens with zero attached hydrogens (tertiary/aromatic N) is 1. The molecule has 0 spiro atoms. The number of carbonyl (C=O) groups excluding carboxylic acids is 1. The molecule has 2 bridgehead atoms. The van der Waals surface area contributed by atoms with Gasteiger partial charge in [-0.1, -0.05) is 29.6 Å². The predicted molar refractivity (Wildman–Crippen MR) is 57.2 cm³/mol. The van der Waals surface area contributed by atoms with E-state index in [9.17, 15) is 4.79 Å². The zero-order valence-corrected chi connectivity index (χ0v) is 9.81. The number of esters is 1. The number of ether oxygens (including phenoxy) is 1. The van der Waals surface area contributed by atoms with Crippen molar-refractivity contribution >= 4 is 34.3 Å². The lowest BCUT2D eigenvalue weighted by atomic mass is 9.73. The quantitative estimate of drug-likeness (QED) is 0.375. The molecule has 0 aromatic carbocycles. The lowest BCUT2D eigenvalue weighted by Gasteiger charge is -2.51. The standard InChI is InChI=1S/C10H11Cl2NO2/c1-9-5-3-2-4-6(5)10(12,8(14)15-9)13-7(9)11/h5-6H,2-4H2,1H3/t5-,6+,9+,10+/m0/s1. The molecule has 2 fully saturated rings. The van der Waals surface area contributed by atoms with Crippen LogP contribution in [0.3, 0.4) is 0 Å². The maximum Gasteiger partial charge on any atom is 0.350 e. The smallest absolute Gasteiger partial charge is 0.350 e. The Morgan fingerprint density at radius 1 is 1.47 bits per heavy atom. The minimum atomic E-state index is -1.24. The number of alkyl halides is 1. The summed E-state index contributed by atoms with van der Waals surface area (Å²) in [5, 5.41) is 0.347. The van der Waals surface area contributed by atoms with Crippen molar-refractivity contribution in [2.75, 3.05) is 0 Å². The average Bonchev–Trinajstić information content (AvgIpc) is 2.62. The third-order valence-corrected chi connectivity index (χ3v) is 4.96. The highest BCUT2D eigenvalue weighted by atomic mass is 35.5. The van der Waals surface area contributed by atoms with E-state index in [1.54, 1.807) is 0 Å². The second kappa shape index (κ2) is 2.69. The Morgan fingerprint density at radius 2 is 2.13 bits per heavy atom. The Kier molecular flexibility index (Phi) is 1.78. The summed E-state index contributed by atoms with van der Waals surface area (Å²) >= 11 is 12.3. The minimum absolute atomic E-state index is 0.0907. The number of halogens is 2. The van der Waals surface area contributed by atoms with Gasteiger partial charge in [0.05, 0.1) is 0 Å². The fourth-order valence-electron chi connectivity index (χ4n) is 3.15. The highest BCUT2D eigenvalue weighted by Crippen LogP contribution is 2.57. The van der Waals surface area contributed by atoms with Gasteiger partial charge in [-0.2, -0.15) is 0 Å². The molecule has 3 aliphatic heterocycles. The Hall–Kier alpha value is -0.280. The van der Waals surface area contributed by atoms with Gasteiger partial charge in [-0.05, 0) is 19.8 Å². The average molecular weight is 248 g/mol. The summed E-state index contributed by atoms with van der Waals surface area (Å²) in [5.41, 5.74) is -0.726. The van der Waals surface area contributed by atoms with Crippen molar-refractivity contribution in [2.24, 2.45) is 16.8 Å². The minimum Gasteiger partial charge on any atom is -0.449 e. The normalized spacial score (nSPS) is 52.5. The first-order valence-electron chi connectivity index (χ1n) is 5.16. The van der Waals surface area contributed by atoms with Crippen LogP contribution >= 0.6 is 23.2 Å². The molecule has 0 unspecified atom stereocenters. The Balaban J connectivity index is 2.20. The summed E-state index contributed by atoms with van der Waals surface area (Å²) in [6.07, 6.45) is 3.01. The van der Waals surface area contributed by atoms with Crippen molar-refractivity contribution in [3.05, 3.63) is 0 Å². The SMILES string of the molecule is C[C@]12OC(=O)[C@](Cl)(N=C1Cl)[C@@H]1CCC[C@@H]12. The molecular weight excluding hydrogens is 237 g/mol. The molecule has 1 saturated carbocycles. The van der Waals surface area contributed by atoms with Crippen molar-refractivity contribution in [3.63, 3.8) is 0 Å². The van der Waals surface area contributed by atoms with Crippen LogP contribution in [0, 0.1) is 11.8 Å². The van der Waals surface area contributed by atoms with Gasteiger partial charge in [-0.25, -0.2) is 9.79 Å². The topological polar surface area (TPSA) is 38.7 Å². The summed E-state index contributed by atoms with van der Waals surface area (Å²) in [7, 11) is 0. The summed E-state index contributed by atoms with van der Waals surface area (Å²) in [6, 6.07) is 0. The first-order valence-corrected chi connectivity index (χ1v) is 5.92. The van der Waals surface area contributed by atoms with Crippen LogP contribution in [0.15, 0.2) is 4.99 Å². The van der Waals surface area contributed by atoms with Crippen molar-refractivity contribution in [3.8, 4) is 0 Å². The van der Waals surface area contributed by atoms with E-state index in [1.807, 2.05) is 6.92 Å². The molecule has 5 heteroatoms. The molecule has 0 aromatic heterocycles.